The summed E-state index contributed by atoms with van der Waals surface area (Å²) in [6, 6.07) is 15.2. The average Bonchev–Trinajstić information content (AvgIpc) is 3.04. The Morgan fingerprint density at radius 3 is 2.56 bits per heavy atom. The lowest BCUT2D eigenvalue weighted by Gasteiger charge is -2.09. The van der Waals surface area contributed by atoms with Crippen LogP contribution in [0, 0.1) is 6.92 Å². The SMILES string of the molecule is COc1ccc(-c2ccnc3[nH]n(-c4cccc(C)c4)c(=O)c23)cc1OC. The van der Waals surface area contributed by atoms with Gasteiger partial charge >= 0.3 is 0 Å². The summed E-state index contributed by atoms with van der Waals surface area (Å²) >= 11 is 0. The van der Waals surface area contributed by atoms with Crippen LogP contribution >= 0.6 is 0 Å². The van der Waals surface area contributed by atoms with Crippen LogP contribution in [0.4, 0.5) is 0 Å². The molecule has 2 aromatic heterocycles. The van der Waals surface area contributed by atoms with Gasteiger partial charge in [-0.3, -0.25) is 9.89 Å². The number of hydrogen-bond acceptors (Lipinski definition) is 4. The van der Waals surface area contributed by atoms with Crippen molar-refractivity contribution in [1.29, 1.82) is 0 Å². The fourth-order valence-electron chi connectivity index (χ4n) is 3.22. The standard InChI is InChI=1S/C21H19N3O3/c1-13-5-4-6-15(11-13)24-21(25)19-16(9-10-22-20(19)23-24)14-7-8-17(26-2)18(12-14)27-3/h4-12H,1-3H3,(H,22,23). The van der Waals surface area contributed by atoms with Crippen LogP contribution in [0.25, 0.3) is 27.8 Å². The molecule has 27 heavy (non-hydrogen) atoms. The Labute approximate surface area is 156 Å². The molecule has 0 radical (unpaired) electrons. The molecule has 0 unspecified atom stereocenters. The number of pyridine rings is 1. The number of aryl methyl sites for hydroxylation is 1. The minimum absolute atomic E-state index is 0.145. The number of fused-ring (bicyclic) bond motifs is 1. The van der Waals surface area contributed by atoms with E-state index >= 15 is 0 Å². The second-order valence-corrected chi connectivity index (χ2v) is 6.24. The van der Waals surface area contributed by atoms with Crippen LogP contribution in [-0.4, -0.2) is 29.0 Å². The van der Waals surface area contributed by atoms with Crippen molar-refractivity contribution in [2.75, 3.05) is 14.2 Å². The average molecular weight is 361 g/mol. The van der Waals surface area contributed by atoms with Crippen LogP contribution in [0.3, 0.4) is 0 Å². The Morgan fingerprint density at radius 2 is 1.81 bits per heavy atom. The fraction of sp³-hybridized carbons (Fsp3) is 0.143. The second-order valence-electron chi connectivity index (χ2n) is 6.24. The van der Waals surface area contributed by atoms with Crippen LogP contribution < -0.4 is 15.0 Å². The molecule has 1 N–H and O–H groups in total. The van der Waals surface area contributed by atoms with Crippen molar-refractivity contribution in [2.24, 2.45) is 0 Å². The molecule has 0 aliphatic rings. The van der Waals surface area contributed by atoms with Gasteiger partial charge in [-0.05, 0) is 53.9 Å². The zero-order valence-electron chi connectivity index (χ0n) is 15.3. The van der Waals surface area contributed by atoms with Gasteiger partial charge in [0, 0.05) is 6.20 Å². The highest BCUT2D eigenvalue weighted by Crippen LogP contribution is 2.34. The first-order valence-corrected chi connectivity index (χ1v) is 8.51. The van der Waals surface area contributed by atoms with E-state index < -0.39 is 0 Å². The molecule has 4 aromatic rings. The van der Waals surface area contributed by atoms with Crippen molar-refractivity contribution in [1.82, 2.24) is 14.8 Å². The molecule has 0 saturated heterocycles. The van der Waals surface area contributed by atoms with E-state index in [0.717, 1.165) is 22.4 Å². The number of hydrogen-bond donors (Lipinski definition) is 1. The fourth-order valence-corrected chi connectivity index (χ4v) is 3.22. The van der Waals surface area contributed by atoms with E-state index in [0.29, 0.717) is 22.5 Å². The molecular formula is C21H19N3O3. The molecule has 6 nitrogen and oxygen atoms in total. The van der Waals surface area contributed by atoms with Gasteiger partial charge in [-0.15, -0.1) is 0 Å². The van der Waals surface area contributed by atoms with Crippen molar-refractivity contribution < 1.29 is 9.47 Å². The molecule has 4 rings (SSSR count). The topological polar surface area (TPSA) is 69.1 Å². The second kappa shape index (κ2) is 6.64. The molecule has 2 heterocycles. The molecule has 0 spiro atoms. The van der Waals surface area contributed by atoms with Gasteiger partial charge in [-0.2, -0.15) is 0 Å². The Balaban J connectivity index is 1.95. The number of rotatable bonds is 4. The molecule has 0 aliphatic carbocycles. The summed E-state index contributed by atoms with van der Waals surface area (Å²) in [6.07, 6.45) is 1.69. The van der Waals surface area contributed by atoms with Crippen molar-refractivity contribution >= 4 is 11.0 Å². The van der Waals surface area contributed by atoms with Gasteiger partial charge < -0.3 is 9.47 Å². The maximum atomic E-state index is 13.1. The zero-order valence-corrected chi connectivity index (χ0v) is 15.3. The number of aromatic nitrogens is 3. The predicted molar refractivity (Wildman–Crippen MR) is 105 cm³/mol. The van der Waals surface area contributed by atoms with Crippen LogP contribution in [0.1, 0.15) is 5.56 Å². The highest BCUT2D eigenvalue weighted by molar-refractivity contribution is 5.92. The third-order valence-electron chi connectivity index (χ3n) is 4.54. The molecule has 6 heteroatoms. The van der Waals surface area contributed by atoms with Crippen LogP contribution in [0.2, 0.25) is 0 Å². The Morgan fingerprint density at radius 1 is 1.00 bits per heavy atom. The third-order valence-corrected chi connectivity index (χ3v) is 4.54. The third kappa shape index (κ3) is 2.85. The molecule has 0 atom stereocenters. The maximum Gasteiger partial charge on any atom is 0.281 e. The summed E-state index contributed by atoms with van der Waals surface area (Å²) in [5.74, 6) is 1.24. The summed E-state index contributed by atoms with van der Waals surface area (Å²) in [6.45, 7) is 1.99. The van der Waals surface area contributed by atoms with Crippen molar-refractivity contribution in [2.45, 2.75) is 6.92 Å². The Kier molecular flexibility index (Phi) is 4.16. The van der Waals surface area contributed by atoms with Crippen LogP contribution in [0.5, 0.6) is 11.5 Å². The lowest BCUT2D eigenvalue weighted by Crippen LogP contribution is -2.14. The molecule has 136 valence electrons. The van der Waals surface area contributed by atoms with Crippen molar-refractivity contribution in [3.05, 3.63) is 70.6 Å². The first-order chi connectivity index (χ1) is 13.1. The van der Waals surface area contributed by atoms with Gasteiger partial charge in [-0.25, -0.2) is 9.67 Å². The molecular weight excluding hydrogens is 342 g/mol. The number of benzene rings is 2. The van der Waals surface area contributed by atoms with Crippen LogP contribution in [0.15, 0.2) is 59.5 Å². The molecule has 0 fully saturated rings. The van der Waals surface area contributed by atoms with Gasteiger partial charge in [0.25, 0.3) is 5.56 Å². The van der Waals surface area contributed by atoms with E-state index in [-0.39, 0.29) is 5.56 Å². The predicted octanol–water partition coefficient (Wildman–Crippen LogP) is 3.71. The summed E-state index contributed by atoms with van der Waals surface area (Å²) in [5.41, 5.74) is 3.88. The lowest BCUT2D eigenvalue weighted by molar-refractivity contribution is 0.355. The van der Waals surface area contributed by atoms with Gasteiger partial charge in [0.2, 0.25) is 0 Å². The zero-order chi connectivity index (χ0) is 19.0. The van der Waals surface area contributed by atoms with Gasteiger partial charge in [0.05, 0.1) is 25.3 Å². The smallest absolute Gasteiger partial charge is 0.281 e. The number of H-pyrrole nitrogens is 1. The largest absolute Gasteiger partial charge is 0.493 e. The van der Waals surface area contributed by atoms with Gasteiger partial charge in [0.1, 0.15) is 0 Å². The number of nitrogens with one attached hydrogen (secondary N) is 1. The first kappa shape index (κ1) is 16.9. The number of aromatic amines is 1. The molecule has 0 aliphatic heterocycles. The number of ether oxygens (including phenoxy) is 2. The molecule has 0 bridgehead atoms. The first-order valence-electron chi connectivity index (χ1n) is 8.51. The number of methoxy groups -OCH3 is 2. The number of nitrogens with zero attached hydrogens (tertiary/aromatic N) is 2. The molecule has 2 aromatic carbocycles. The van der Waals surface area contributed by atoms with E-state index in [1.54, 1.807) is 20.4 Å². The summed E-state index contributed by atoms with van der Waals surface area (Å²) in [7, 11) is 3.18. The molecule has 0 saturated carbocycles. The van der Waals surface area contributed by atoms with Crippen molar-refractivity contribution in [3.63, 3.8) is 0 Å². The minimum atomic E-state index is -0.145. The van der Waals surface area contributed by atoms with E-state index in [9.17, 15) is 4.79 Å². The summed E-state index contributed by atoms with van der Waals surface area (Å²) < 4.78 is 12.2. The monoisotopic (exact) mass is 361 g/mol. The Bertz CT molecular complexity index is 1190. The molecule has 0 amide bonds. The van der Waals surface area contributed by atoms with Gasteiger partial charge in [-0.1, -0.05) is 18.2 Å². The Hall–Kier alpha value is -3.54. The normalized spacial score (nSPS) is 10.9. The van der Waals surface area contributed by atoms with Crippen molar-refractivity contribution in [3.8, 4) is 28.3 Å². The maximum absolute atomic E-state index is 13.1. The quantitative estimate of drug-likeness (QED) is 0.602. The van der Waals surface area contributed by atoms with E-state index in [4.69, 9.17) is 9.47 Å². The van der Waals surface area contributed by atoms with E-state index in [2.05, 4.69) is 10.1 Å². The van der Waals surface area contributed by atoms with E-state index in [1.807, 2.05) is 55.5 Å². The van der Waals surface area contributed by atoms with Gasteiger partial charge in [0.15, 0.2) is 17.1 Å². The van der Waals surface area contributed by atoms with E-state index in [1.165, 1.54) is 4.68 Å². The summed E-state index contributed by atoms with van der Waals surface area (Å²) in [4.78, 5) is 17.5. The minimum Gasteiger partial charge on any atom is -0.493 e. The highest BCUT2D eigenvalue weighted by atomic mass is 16.5. The highest BCUT2D eigenvalue weighted by Gasteiger charge is 2.16. The summed E-state index contributed by atoms with van der Waals surface area (Å²) in [5, 5.41) is 3.64. The van der Waals surface area contributed by atoms with Crippen LogP contribution in [-0.2, 0) is 0 Å². The lowest BCUT2D eigenvalue weighted by atomic mass is 10.0.